The maximum atomic E-state index is 5.34. The van der Waals surface area contributed by atoms with Gasteiger partial charge in [-0.3, -0.25) is 0 Å². The second kappa shape index (κ2) is 8.93. The largest absolute Gasteiger partial charge is 0.367 e. The van der Waals surface area contributed by atoms with Crippen molar-refractivity contribution in [2.24, 2.45) is 0 Å². The number of thiocarbonyl (C=S) groups is 1. The number of nitrogens with zero attached hydrogens (tertiary/aromatic N) is 1. The van der Waals surface area contributed by atoms with Gasteiger partial charge in [0.2, 0.25) is 0 Å². The molecule has 22 heavy (non-hydrogen) atoms. The standard InChI is InChI=1S/C18H22N2S2/c1-20(2)12-13-22-18(21)19-14-15-8-10-17(11-9-15)16-6-4-3-5-7-16/h3-11H,12-14H2,1-2H3,(H,19,21). The van der Waals surface area contributed by atoms with Crippen LogP contribution in [0.2, 0.25) is 0 Å². The molecule has 4 heteroatoms. The molecule has 0 heterocycles. The number of hydrogen-bond donors (Lipinski definition) is 1. The minimum atomic E-state index is 0.781. The van der Waals surface area contributed by atoms with Gasteiger partial charge in [-0.1, -0.05) is 78.6 Å². The van der Waals surface area contributed by atoms with Crippen LogP contribution in [0.4, 0.5) is 0 Å². The maximum Gasteiger partial charge on any atom is 0.134 e. The monoisotopic (exact) mass is 330 g/mol. The van der Waals surface area contributed by atoms with Crippen molar-refractivity contribution in [2.75, 3.05) is 26.4 Å². The SMILES string of the molecule is CN(C)CCSC(=S)NCc1ccc(-c2ccccc2)cc1. The van der Waals surface area contributed by atoms with Crippen molar-refractivity contribution in [2.45, 2.75) is 6.54 Å². The molecule has 0 radical (unpaired) electrons. The summed E-state index contributed by atoms with van der Waals surface area (Å²) in [6.07, 6.45) is 0. The van der Waals surface area contributed by atoms with Crippen molar-refractivity contribution < 1.29 is 0 Å². The van der Waals surface area contributed by atoms with E-state index in [1.165, 1.54) is 16.7 Å². The average molecular weight is 331 g/mol. The molecule has 0 spiro atoms. The van der Waals surface area contributed by atoms with Crippen LogP contribution in [0.3, 0.4) is 0 Å². The summed E-state index contributed by atoms with van der Waals surface area (Å²) in [7, 11) is 4.15. The van der Waals surface area contributed by atoms with Gasteiger partial charge in [0.1, 0.15) is 4.32 Å². The van der Waals surface area contributed by atoms with Crippen LogP contribution in [0.15, 0.2) is 54.6 Å². The van der Waals surface area contributed by atoms with E-state index in [-0.39, 0.29) is 0 Å². The molecule has 0 amide bonds. The summed E-state index contributed by atoms with van der Waals surface area (Å²) in [5.74, 6) is 1.02. The lowest BCUT2D eigenvalue weighted by atomic mass is 10.0. The average Bonchev–Trinajstić information content (AvgIpc) is 2.54. The summed E-state index contributed by atoms with van der Waals surface area (Å²) in [4.78, 5) is 2.16. The second-order valence-corrected chi connectivity index (χ2v) is 7.13. The van der Waals surface area contributed by atoms with Crippen molar-refractivity contribution in [3.05, 3.63) is 60.2 Å². The van der Waals surface area contributed by atoms with E-state index in [0.29, 0.717) is 0 Å². The highest BCUT2D eigenvalue weighted by atomic mass is 32.2. The molecule has 0 fully saturated rings. The van der Waals surface area contributed by atoms with Gasteiger partial charge in [0, 0.05) is 18.8 Å². The molecule has 0 aliphatic carbocycles. The molecule has 2 aromatic carbocycles. The maximum absolute atomic E-state index is 5.34. The minimum absolute atomic E-state index is 0.781. The number of rotatable bonds is 6. The van der Waals surface area contributed by atoms with Crippen molar-refractivity contribution in [3.63, 3.8) is 0 Å². The molecule has 0 saturated carbocycles. The molecular formula is C18H22N2S2. The minimum Gasteiger partial charge on any atom is -0.367 e. The Hall–Kier alpha value is -1.36. The lowest BCUT2D eigenvalue weighted by Crippen LogP contribution is -2.21. The molecule has 0 bridgehead atoms. The lowest BCUT2D eigenvalue weighted by Gasteiger charge is -2.11. The molecule has 2 nitrogen and oxygen atoms in total. The quantitative estimate of drug-likeness (QED) is 0.804. The molecule has 0 aliphatic heterocycles. The van der Waals surface area contributed by atoms with Crippen LogP contribution >= 0.6 is 24.0 Å². The van der Waals surface area contributed by atoms with Crippen LogP contribution in [-0.2, 0) is 6.54 Å². The highest BCUT2D eigenvalue weighted by molar-refractivity contribution is 8.22. The summed E-state index contributed by atoms with van der Waals surface area (Å²) in [6, 6.07) is 19.1. The summed E-state index contributed by atoms with van der Waals surface area (Å²) in [6.45, 7) is 1.82. The van der Waals surface area contributed by atoms with Gasteiger partial charge in [-0.2, -0.15) is 0 Å². The van der Waals surface area contributed by atoms with Crippen molar-refractivity contribution in [1.29, 1.82) is 0 Å². The van der Waals surface area contributed by atoms with E-state index in [9.17, 15) is 0 Å². The van der Waals surface area contributed by atoms with Gasteiger partial charge < -0.3 is 10.2 Å². The van der Waals surface area contributed by atoms with Crippen LogP contribution in [0.1, 0.15) is 5.56 Å². The normalized spacial score (nSPS) is 10.7. The van der Waals surface area contributed by atoms with E-state index in [0.717, 1.165) is 23.2 Å². The summed E-state index contributed by atoms with van der Waals surface area (Å²) in [5, 5.41) is 3.31. The zero-order valence-electron chi connectivity index (χ0n) is 13.1. The van der Waals surface area contributed by atoms with Crippen molar-refractivity contribution in [3.8, 4) is 11.1 Å². The van der Waals surface area contributed by atoms with E-state index < -0.39 is 0 Å². The van der Waals surface area contributed by atoms with E-state index in [1.54, 1.807) is 11.8 Å². The fourth-order valence-electron chi connectivity index (χ4n) is 1.99. The fourth-order valence-corrected chi connectivity index (χ4v) is 3.13. The van der Waals surface area contributed by atoms with Gasteiger partial charge in [0.05, 0.1) is 0 Å². The third-order valence-corrected chi connectivity index (χ3v) is 4.56. The predicted molar refractivity (Wildman–Crippen MR) is 102 cm³/mol. The van der Waals surface area contributed by atoms with Gasteiger partial charge >= 0.3 is 0 Å². The molecule has 2 aromatic rings. The third kappa shape index (κ3) is 5.79. The first kappa shape index (κ1) is 17.0. The zero-order valence-corrected chi connectivity index (χ0v) is 14.7. The Morgan fingerprint density at radius 3 is 2.27 bits per heavy atom. The molecule has 0 atom stereocenters. The predicted octanol–water partition coefficient (Wildman–Crippen LogP) is 4.02. The Kier molecular flexibility index (Phi) is 6.90. The zero-order chi connectivity index (χ0) is 15.8. The highest BCUT2D eigenvalue weighted by Crippen LogP contribution is 2.19. The van der Waals surface area contributed by atoms with Crippen LogP contribution in [0, 0.1) is 0 Å². The number of thioether (sulfide) groups is 1. The summed E-state index contributed by atoms with van der Waals surface area (Å²) in [5.41, 5.74) is 3.74. The molecule has 0 aliphatic rings. The van der Waals surface area contributed by atoms with Crippen LogP contribution < -0.4 is 5.32 Å². The molecule has 1 N–H and O–H groups in total. The van der Waals surface area contributed by atoms with E-state index >= 15 is 0 Å². The summed E-state index contributed by atoms with van der Waals surface area (Å²) < 4.78 is 0.869. The molecule has 0 aromatic heterocycles. The Bertz CT molecular complexity index is 580. The molecule has 116 valence electrons. The first-order chi connectivity index (χ1) is 10.6. The molecular weight excluding hydrogens is 308 g/mol. The highest BCUT2D eigenvalue weighted by Gasteiger charge is 2.00. The van der Waals surface area contributed by atoms with E-state index in [1.807, 2.05) is 6.07 Å². The first-order valence-electron chi connectivity index (χ1n) is 7.35. The van der Waals surface area contributed by atoms with Gasteiger partial charge in [0.15, 0.2) is 0 Å². The molecule has 2 rings (SSSR count). The van der Waals surface area contributed by atoms with Gasteiger partial charge in [0.25, 0.3) is 0 Å². The summed E-state index contributed by atoms with van der Waals surface area (Å²) >= 11 is 7.04. The van der Waals surface area contributed by atoms with Crippen LogP contribution in [-0.4, -0.2) is 35.6 Å². The fraction of sp³-hybridized carbons (Fsp3) is 0.278. The van der Waals surface area contributed by atoms with Crippen LogP contribution in [0.25, 0.3) is 11.1 Å². The van der Waals surface area contributed by atoms with Crippen molar-refractivity contribution in [1.82, 2.24) is 10.2 Å². The Labute approximate surface area is 142 Å². The molecule has 0 saturated heterocycles. The number of nitrogens with one attached hydrogen (secondary N) is 1. The second-order valence-electron chi connectivity index (χ2n) is 5.36. The smallest absolute Gasteiger partial charge is 0.134 e. The Morgan fingerprint density at radius 1 is 1.00 bits per heavy atom. The van der Waals surface area contributed by atoms with Gasteiger partial charge in [-0.25, -0.2) is 0 Å². The Morgan fingerprint density at radius 2 is 1.64 bits per heavy atom. The topological polar surface area (TPSA) is 15.3 Å². The van der Waals surface area contributed by atoms with Gasteiger partial charge in [-0.05, 0) is 30.8 Å². The number of benzene rings is 2. The third-order valence-electron chi connectivity index (χ3n) is 3.27. The van der Waals surface area contributed by atoms with E-state index in [4.69, 9.17) is 12.2 Å². The molecule has 0 unspecified atom stereocenters. The van der Waals surface area contributed by atoms with Crippen molar-refractivity contribution >= 4 is 28.3 Å². The lowest BCUT2D eigenvalue weighted by molar-refractivity contribution is 0.437. The van der Waals surface area contributed by atoms with E-state index in [2.05, 4.69) is 72.8 Å². The van der Waals surface area contributed by atoms with Crippen LogP contribution in [0.5, 0.6) is 0 Å². The first-order valence-corrected chi connectivity index (χ1v) is 8.74. The van der Waals surface area contributed by atoms with Gasteiger partial charge in [-0.15, -0.1) is 0 Å². The number of hydrogen-bond acceptors (Lipinski definition) is 3. The Balaban J connectivity index is 1.80.